The van der Waals surface area contributed by atoms with Gasteiger partial charge in [0.1, 0.15) is 6.61 Å². The van der Waals surface area contributed by atoms with Gasteiger partial charge in [0.05, 0.1) is 6.54 Å². The summed E-state index contributed by atoms with van der Waals surface area (Å²) in [5.74, 6) is 1.08. The molecule has 2 amide bonds. The molecule has 1 fully saturated rings. The van der Waals surface area contributed by atoms with Crippen molar-refractivity contribution in [2.45, 2.75) is 6.10 Å². The number of carbonyl (C=O) groups is 2. The van der Waals surface area contributed by atoms with E-state index in [2.05, 4.69) is 5.32 Å². The van der Waals surface area contributed by atoms with Gasteiger partial charge in [0.25, 0.3) is 5.91 Å². The van der Waals surface area contributed by atoms with Crippen molar-refractivity contribution in [2.24, 2.45) is 0 Å². The highest BCUT2D eigenvalue weighted by Crippen LogP contribution is 2.31. The Morgan fingerprint density at radius 1 is 1.00 bits per heavy atom. The Hall–Kier alpha value is -2.77. The van der Waals surface area contributed by atoms with Gasteiger partial charge in [-0.2, -0.15) is 0 Å². The average molecular weight is 416 g/mol. The number of hydrogen-bond donors (Lipinski definition) is 1. The van der Waals surface area contributed by atoms with E-state index in [4.69, 9.17) is 21.1 Å². The predicted molar refractivity (Wildman–Crippen MR) is 109 cm³/mol. The lowest BCUT2D eigenvalue weighted by Crippen LogP contribution is -2.54. The first kappa shape index (κ1) is 19.5. The van der Waals surface area contributed by atoms with Gasteiger partial charge >= 0.3 is 0 Å². The highest BCUT2D eigenvalue weighted by molar-refractivity contribution is 6.30. The molecule has 2 aliphatic rings. The van der Waals surface area contributed by atoms with E-state index >= 15 is 0 Å². The average Bonchev–Trinajstić information content (AvgIpc) is 2.75. The van der Waals surface area contributed by atoms with Gasteiger partial charge in [-0.3, -0.25) is 14.5 Å². The second-order valence-electron chi connectivity index (χ2n) is 7.02. The molecule has 2 aromatic carbocycles. The lowest BCUT2D eigenvalue weighted by molar-refractivity contribution is -0.143. The second kappa shape index (κ2) is 8.71. The van der Waals surface area contributed by atoms with Crippen molar-refractivity contribution in [1.82, 2.24) is 9.80 Å². The Balaban J connectivity index is 1.24. The molecule has 0 spiro atoms. The fourth-order valence-corrected chi connectivity index (χ4v) is 3.53. The van der Waals surface area contributed by atoms with Crippen molar-refractivity contribution >= 4 is 29.1 Å². The van der Waals surface area contributed by atoms with Crippen LogP contribution in [-0.4, -0.2) is 67.0 Å². The molecule has 7 nitrogen and oxygen atoms in total. The normalized spacial score (nSPS) is 18.9. The molecule has 0 radical (unpaired) electrons. The number of hydrogen-bond acceptors (Lipinski definition) is 5. The highest BCUT2D eigenvalue weighted by Gasteiger charge is 2.32. The fraction of sp³-hybridized carbons (Fsp3) is 0.333. The van der Waals surface area contributed by atoms with Crippen LogP contribution in [-0.2, 0) is 9.59 Å². The number of amides is 2. The molecule has 2 aromatic rings. The van der Waals surface area contributed by atoms with E-state index in [1.807, 2.05) is 23.1 Å². The van der Waals surface area contributed by atoms with Crippen molar-refractivity contribution in [3.63, 3.8) is 0 Å². The van der Waals surface area contributed by atoms with E-state index < -0.39 is 6.10 Å². The molecule has 1 N–H and O–H groups in total. The Labute approximate surface area is 174 Å². The fourth-order valence-electron chi connectivity index (χ4n) is 3.41. The standard InChI is InChI=1S/C21H22ClN3O4/c22-15-5-7-16(8-6-15)23-20(26)13-24-9-11-25(12-10-24)21(27)19-14-28-17-3-1-2-4-18(17)29-19/h1-8,19H,9-14H2,(H,23,26). The van der Waals surface area contributed by atoms with E-state index in [0.717, 1.165) is 0 Å². The number of carbonyl (C=O) groups excluding carboxylic acids is 2. The van der Waals surface area contributed by atoms with Crippen molar-refractivity contribution in [1.29, 1.82) is 0 Å². The molecule has 2 heterocycles. The SMILES string of the molecule is O=C(CN1CCN(C(=O)C2COc3ccccc3O2)CC1)Nc1ccc(Cl)cc1. The molecular formula is C21H22ClN3O4. The Morgan fingerprint density at radius 2 is 1.69 bits per heavy atom. The summed E-state index contributed by atoms with van der Waals surface area (Å²) in [7, 11) is 0. The molecule has 0 aromatic heterocycles. The number of halogens is 1. The van der Waals surface area contributed by atoms with Crippen molar-refractivity contribution in [3.8, 4) is 11.5 Å². The first-order valence-corrected chi connectivity index (χ1v) is 9.91. The van der Waals surface area contributed by atoms with E-state index in [1.54, 1.807) is 35.2 Å². The molecule has 1 unspecified atom stereocenters. The first-order valence-electron chi connectivity index (χ1n) is 9.53. The lowest BCUT2D eigenvalue weighted by Gasteiger charge is -2.36. The summed E-state index contributed by atoms with van der Waals surface area (Å²) in [6, 6.07) is 14.3. The van der Waals surface area contributed by atoms with Crippen LogP contribution in [0.4, 0.5) is 5.69 Å². The van der Waals surface area contributed by atoms with Crippen LogP contribution in [0.2, 0.25) is 5.02 Å². The van der Waals surface area contributed by atoms with Crippen molar-refractivity contribution < 1.29 is 19.1 Å². The maximum atomic E-state index is 12.8. The molecule has 152 valence electrons. The van der Waals surface area contributed by atoms with Gasteiger partial charge in [0, 0.05) is 36.9 Å². The van der Waals surface area contributed by atoms with E-state index in [1.165, 1.54) is 0 Å². The number of nitrogens with one attached hydrogen (secondary N) is 1. The minimum Gasteiger partial charge on any atom is -0.485 e. The number of para-hydroxylation sites is 2. The van der Waals surface area contributed by atoms with E-state index in [0.29, 0.717) is 48.4 Å². The Morgan fingerprint density at radius 3 is 2.41 bits per heavy atom. The summed E-state index contributed by atoms with van der Waals surface area (Å²) in [5, 5.41) is 3.48. The number of fused-ring (bicyclic) bond motifs is 1. The lowest BCUT2D eigenvalue weighted by atomic mass is 10.2. The number of anilines is 1. The third kappa shape index (κ3) is 4.81. The van der Waals surface area contributed by atoms with Crippen molar-refractivity contribution in [3.05, 3.63) is 53.6 Å². The van der Waals surface area contributed by atoms with Gasteiger partial charge in [0.2, 0.25) is 12.0 Å². The molecule has 29 heavy (non-hydrogen) atoms. The molecule has 4 rings (SSSR count). The van der Waals surface area contributed by atoms with Crippen LogP contribution in [0, 0.1) is 0 Å². The van der Waals surface area contributed by atoms with Crippen LogP contribution in [0.3, 0.4) is 0 Å². The maximum Gasteiger partial charge on any atom is 0.267 e. The zero-order chi connectivity index (χ0) is 20.2. The summed E-state index contributed by atoms with van der Waals surface area (Å²) in [4.78, 5) is 28.8. The number of ether oxygens (including phenoxy) is 2. The third-order valence-corrected chi connectivity index (χ3v) is 5.22. The van der Waals surface area contributed by atoms with Crippen LogP contribution in [0.15, 0.2) is 48.5 Å². The van der Waals surface area contributed by atoms with Gasteiger partial charge < -0.3 is 19.7 Å². The van der Waals surface area contributed by atoms with Gasteiger partial charge in [-0.15, -0.1) is 0 Å². The number of rotatable bonds is 4. The molecule has 0 saturated carbocycles. The van der Waals surface area contributed by atoms with Gasteiger partial charge in [0.15, 0.2) is 11.5 Å². The zero-order valence-corrected chi connectivity index (χ0v) is 16.6. The van der Waals surface area contributed by atoms with Crippen LogP contribution < -0.4 is 14.8 Å². The van der Waals surface area contributed by atoms with Crippen LogP contribution in [0.5, 0.6) is 11.5 Å². The summed E-state index contributed by atoms with van der Waals surface area (Å²) in [5.41, 5.74) is 0.711. The summed E-state index contributed by atoms with van der Waals surface area (Å²) >= 11 is 5.85. The van der Waals surface area contributed by atoms with Crippen molar-refractivity contribution in [2.75, 3.05) is 44.6 Å². The quantitative estimate of drug-likeness (QED) is 0.829. The van der Waals surface area contributed by atoms with Gasteiger partial charge in [-0.1, -0.05) is 23.7 Å². The Bertz CT molecular complexity index is 882. The van der Waals surface area contributed by atoms with Gasteiger partial charge in [-0.25, -0.2) is 0 Å². The molecule has 1 saturated heterocycles. The number of piperazine rings is 1. The minimum atomic E-state index is -0.635. The van der Waals surface area contributed by atoms with Crippen LogP contribution in [0.25, 0.3) is 0 Å². The summed E-state index contributed by atoms with van der Waals surface area (Å²) in [6.45, 7) is 2.84. The number of nitrogens with zero attached hydrogens (tertiary/aromatic N) is 2. The van der Waals surface area contributed by atoms with E-state index in [9.17, 15) is 9.59 Å². The minimum absolute atomic E-state index is 0.0789. The first-order chi connectivity index (χ1) is 14.1. The summed E-state index contributed by atoms with van der Waals surface area (Å²) < 4.78 is 11.5. The third-order valence-electron chi connectivity index (χ3n) is 4.96. The summed E-state index contributed by atoms with van der Waals surface area (Å²) in [6.07, 6.45) is -0.635. The topological polar surface area (TPSA) is 71.1 Å². The van der Waals surface area contributed by atoms with Crippen LogP contribution in [0.1, 0.15) is 0 Å². The molecule has 0 bridgehead atoms. The smallest absolute Gasteiger partial charge is 0.267 e. The zero-order valence-electron chi connectivity index (χ0n) is 15.8. The molecule has 2 aliphatic heterocycles. The largest absolute Gasteiger partial charge is 0.485 e. The molecular weight excluding hydrogens is 394 g/mol. The molecule has 0 aliphatic carbocycles. The van der Waals surface area contributed by atoms with E-state index in [-0.39, 0.29) is 25.0 Å². The monoisotopic (exact) mass is 415 g/mol. The molecule has 1 atom stereocenters. The number of benzene rings is 2. The Kier molecular flexibility index (Phi) is 5.87. The van der Waals surface area contributed by atoms with Gasteiger partial charge in [-0.05, 0) is 36.4 Å². The second-order valence-corrected chi connectivity index (χ2v) is 7.46. The maximum absolute atomic E-state index is 12.8. The van der Waals surface area contributed by atoms with Crippen LogP contribution >= 0.6 is 11.6 Å². The molecule has 8 heteroatoms. The highest BCUT2D eigenvalue weighted by atomic mass is 35.5. The predicted octanol–water partition coefficient (Wildman–Crippen LogP) is 2.26.